The van der Waals surface area contributed by atoms with E-state index in [1.807, 2.05) is 25.1 Å². The van der Waals surface area contributed by atoms with Gasteiger partial charge in [-0.15, -0.1) is 0 Å². The van der Waals surface area contributed by atoms with Crippen molar-refractivity contribution in [3.8, 4) is 0 Å². The number of aromatic amines is 1. The van der Waals surface area contributed by atoms with Crippen LogP contribution in [-0.2, 0) is 4.74 Å². The predicted octanol–water partition coefficient (Wildman–Crippen LogP) is 2.78. The first kappa shape index (κ1) is 12.4. The fourth-order valence-electron chi connectivity index (χ4n) is 2.39. The standard InChI is InChI=1S/C16H13NO3/c1-9-3-5-11-12-8-10(16(19)20-2)4-6-14(12)17-15(18)13(11)7-9/h3-8H,1-2H3,(H,17,18). The Kier molecular flexibility index (Phi) is 2.79. The molecule has 0 saturated carbocycles. The van der Waals surface area contributed by atoms with Gasteiger partial charge in [0.25, 0.3) is 5.56 Å². The molecule has 0 amide bonds. The van der Waals surface area contributed by atoms with Crippen LogP contribution in [0.2, 0.25) is 0 Å². The molecular weight excluding hydrogens is 254 g/mol. The number of rotatable bonds is 1. The van der Waals surface area contributed by atoms with Crippen LogP contribution in [0.25, 0.3) is 21.7 Å². The Morgan fingerprint density at radius 2 is 1.85 bits per heavy atom. The van der Waals surface area contributed by atoms with E-state index in [2.05, 4.69) is 4.98 Å². The molecule has 1 aromatic heterocycles. The fourth-order valence-corrected chi connectivity index (χ4v) is 2.39. The van der Waals surface area contributed by atoms with E-state index in [4.69, 9.17) is 4.74 Å². The van der Waals surface area contributed by atoms with Crippen molar-refractivity contribution in [2.24, 2.45) is 0 Å². The number of aromatic nitrogens is 1. The third kappa shape index (κ3) is 1.86. The van der Waals surface area contributed by atoms with E-state index in [1.54, 1.807) is 18.2 Å². The van der Waals surface area contributed by atoms with Gasteiger partial charge in [0.15, 0.2) is 0 Å². The van der Waals surface area contributed by atoms with Crippen LogP contribution in [0.15, 0.2) is 41.2 Å². The Hall–Kier alpha value is -2.62. The number of esters is 1. The average Bonchev–Trinajstić information content (AvgIpc) is 2.46. The van der Waals surface area contributed by atoms with E-state index >= 15 is 0 Å². The quantitative estimate of drug-likeness (QED) is 0.545. The van der Waals surface area contributed by atoms with E-state index in [1.165, 1.54) is 7.11 Å². The highest BCUT2D eigenvalue weighted by atomic mass is 16.5. The highest BCUT2D eigenvalue weighted by Gasteiger charge is 2.10. The number of carbonyl (C=O) groups is 1. The second-order valence-corrected chi connectivity index (χ2v) is 4.76. The summed E-state index contributed by atoms with van der Waals surface area (Å²) in [5.74, 6) is -0.390. The van der Waals surface area contributed by atoms with Gasteiger partial charge < -0.3 is 9.72 Å². The van der Waals surface area contributed by atoms with Crippen LogP contribution >= 0.6 is 0 Å². The molecule has 4 nitrogen and oxygen atoms in total. The van der Waals surface area contributed by atoms with Gasteiger partial charge in [0.2, 0.25) is 0 Å². The van der Waals surface area contributed by atoms with E-state index in [-0.39, 0.29) is 5.56 Å². The third-order valence-corrected chi connectivity index (χ3v) is 3.40. The number of methoxy groups -OCH3 is 1. The van der Waals surface area contributed by atoms with Gasteiger partial charge in [0.1, 0.15) is 0 Å². The maximum absolute atomic E-state index is 12.1. The molecule has 0 aliphatic carbocycles. The number of aryl methyl sites for hydroxylation is 1. The summed E-state index contributed by atoms with van der Waals surface area (Å²) in [7, 11) is 1.35. The minimum atomic E-state index is -0.390. The molecule has 0 spiro atoms. The number of ether oxygens (including phenoxy) is 1. The summed E-state index contributed by atoms with van der Waals surface area (Å²) in [6.45, 7) is 1.94. The molecule has 0 fully saturated rings. The number of hydrogen-bond acceptors (Lipinski definition) is 3. The van der Waals surface area contributed by atoms with Crippen LogP contribution < -0.4 is 5.56 Å². The van der Waals surface area contributed by atoms with Crippen LogP contribution in [0.5, 0.6) is 0 Å². The Balaban J connectivity index is 2.44. The summed E-state index contributed by atoms with van der Waals surface area (Å²) in [5, 5.41) is 2.29. The number of benzene rings is 2. The minimum Gasteiger partial charge on any atom is -0.465 e. The zero-order chi connectivity index (χ0) is 14.3. The molecule has 4 heteroatoms. The van der Waals surface area contributed by atoms with Gasteiger partial charge in [0.05, 0.1) is 12.7 Å². The lowest BCUT2D eigenvalue weighted by atomic mass is 10.0. The molecule has 0 unspecified atom stereocenters. The first-order valence-electron chi connectivity index (χ1n) is 6.25. The van der Waals surface area contributed by atoms with E-state index in [0.29, 0.717) is 16.5 Å². The maximum Gasteiger partial charge on any atom is 0.337 e. The molecule has 3 rings (SSSR count). The molecule has 1 heterocycles. The van der Waals surface area contributed by atoms with Crippen molar-refractivity contribution in [3.05, 3.63) is 57.9 Å². The van der Waals surface area contributed by atoms with Gasteiger partial charge >= 0.3 is 5.97 Å². The lowest BCUT2D eigenvalue weighted by molar-refractivity contribution is 0.0601. The summed E-state index contributed by atoms with van der Waals surface area (Å²) in [6.07, 6.45) is 0. The maximum atomic E-state index is 12.1. The van der Waals surface area contributed by atoms with Crippen LogP contribution in [0, 0.1) is 6.92 Å². The Morgan fingerprint density at radius 3 is 2.60 bits per heavy atom. The number of pyridine rings is 1. The van der Waals surface area contributed by atoms with Gasteiger partial charge in [-0.05, 0) is 36.6 Å². The molecular formula is C16H13NO3. The molecule has 0 saturated heterocycles. The predicted molar refractivity (Wildman–Crippen MR) is 78.2 cm³/mol. The zero-order valence-electron chi connectivity index (χ0n) is 11.2. The lowest BCUT2D eigenvalue weighted by Gasteiger charge is -2.06. The molecule has 0 aliphatic rings. The topological polar surface area (TPSA) is 59.2 Å². The van der Waals surface area contributed by atoms with E-state index in [9.17, 15) is 9.59 Å². The van der Waals surface area contributed by atoms with Gasteiger partial charge in [-0.25, -0.2) is 4.79 Å². The number of fused-ring (bicyclic) bond motifs is 3. The lowest BCUT2D eigenvalue weighted by Crippen LogP contribution is -2.07. The van der Waals surface area contributed by atoms with E-state index in [0.717, 1.165) is 16.3 Å². The molecule has 1 N–H and O–H groups in total. The molecule has 0 aliphatic heterocycles. The van der Waals surface area contributed by atoms with Crippen molar-refractivity contribution in [3.63, 3.8) is 0 Å². The van der Waals surface area contributed by atoms with Crippen molar-refractivity contribution in [1.82, 2.24) is 4.98 Å². The first-order valence-corrected chi connectivity index (χ1v) is 6.25. The van der Waals surface area contributed by atoms with Crippen LogP contribution in [0.1, 0.15) is 15.9 Å². The number of nitrogens with one attached hydrogen (secondary N) is 1. The van der Waals surface area contributed by atoms with E-state index < -0.39 is 5.97 Å². The highest BCUT2D eigenvalue weighted by Crippen LogP contribution is 2.23. The van der Waals surface area contributed by atoms with Crippen molar-refractivity contribution >= 4 is 27.6 Å². The third-order valence-electron chi connectivity index (χ3n) is 3.40. The van der Waals surface area contributed by atoms with Crippen molar-refractivity contribution in [1.29, 1.82) is 0 Å². The van der Waals surface area contributed by atoms with Gasteiger partial charge in [-0.2, -0.15) is 0 Å². The van der Waals surface area contributed by atoms with Crippen LogP contribution in [-0.4, -0.2) is 18.1 Å². The molecule has 0 atom stereocenters. The summed E-state index contributed by atoms with van der Waals surface area (Å²) in [5.41, 5.74) is 2.07. The Labute approximate surface area is 115 Å². The number of H-pyrrole nitrogens is 1. The normalized spacial score (nSPS) is 10.9. The van der Waals surface area contributed by atoms with Crippen molar-refractivity contribution in [2.45, 2.75) is 6.92 Å². The number of hydrogen-bond donors (Lipinski definition) is 1. The summed E-state index contributed by atoms with van der Waals surface area (Å²) >= 11 is 0. The second kappa shape index (κ2) is 4.49. The highest BCUT2D eigenvalue weighted by molar-refractivity contribution is 6.07. The average molecular weight is 267 g/mol. The van der Waals surface area contributed by atoms with Gasteiger partial charge in [-0.3, -0.25) is 4.79 Å². The summed E-state index contributed by atoms with van der Waals surface area (Å²) < 4.78 is 4.73. The fraction of sp³-hybridized carbons (Fsp3) is 0.125. The smallest absolute Gasteiger partial charge is 0.337 e. The zero-order valence-corrected chi connectivity index (χ0v) is 11.2. The van der Waals surface area contributed by atoms with Crippen LogP contribution in [0.3, 0.4) is 0 Å². The monoisotopic (exact) mass is 267 g/mol. The molecule has 0 bridgehead atoms. The van der Waals surface area contributed by atoms with Crippen molar-refractivity contribution in [2.75, 3.05) is 7.11 Å². The molecule has 2 aromatic carbocycles. The number of carbonyl (C=O) groups excluding carboxylic acids is 1. The van der Waals surface area contributed by atoms with Gasteiger partial charge in [0, 0.05) is 16.3 Å². The van der Waals surface area contributed by atoms with Crippen LogP contribution in [0.4, 0.5) is 0 Å². The first-order chi connectivity index (χ1) is 9.60. The minimum absolute atomic E-state index is 0.123. The molecule has 0 radical (unpaired) electrons. The van der Waals surface area contributed by atoms with Crippen molar-refractivity contribution < 1.29 is 9.53 Å². The SMILES string of the molecule is COC(=O)c1ccc2[nH]c(=O)c3cc(C)ccc3c2c1. The Bertz CT molecular complexity index is 893. The second-order valence-electron chi connectivity index (χ2n) is 4.76. The molecule has 100 valence electrons. The summed E-state index contributed by atoms with van der Waals surface area (Å²) in [4.78, 5) is 26.5. The summed E-state index contributed by atoms with van der Waals surface area (Å²) in [6, 6.07) is 10.8. The van der Waals surface area contributed by atoms with Gasteiger partial charge in [-0.1, -0.05) is 17.7 Å². The Morgan fingerprint density at radius 1 is 1.05 bits per heavy atom. The largest absolute Gasteiger partial charge is 0.465 e. The molecule has 20 heavy (non-hydrogen) atoms. The molecule has 3 aromatic rings.